The fraction of sp³-hybridized carbons (Fsp3) is 0.176. The van der Waals surface area contributed by atoms with Gasteiger partial charge in [-0.15, -0.1) is 0 Å². The first kappa shape index (κ1) is 14.7. The highest BCUT2D eigenvalue weighted by molar-refractivity contribution is 7.99. The standard InChI is InChI=1S/C17H17N3OS/c1-12-7-13(2)9-14(8-12)19-16(21)11-22-17-18-10-15-5-3-4-6-20(15)17/h3-10H,11H2,1-2H3,(H,19,21). The van der Waals surface area contributed by atoms with Crippen LogP contribution in [0.3, 0.4) is 0 Å². The number of nitrogens with zero attached hydrogens (tertiary/aromatic N) is 2. The third kappa shape index (κ3) is 3.31. The summed E-state index contributed by atoms with van der Waals surface area (Å²) >= 11 is 1.43. The molecule has 0 spiro atoms. The first-order valence-electron chi connectivity index (χ1n) is 7.05. The second-order valence-electron chi connectivity index (χ2n) is 5.25. The number of aromatic nitrogens is 2. The predicted octanol–water partition coefficient (Wildman–Crippen LogP) is 3.68. The van der Waals surface area contributed by atoms with E-state index in [4.69, 9.17) is 0 Å². The topological polar surface area (TPSA) is 46.4 Å². The van der Waals surface area contributed by atoms with Gasteiger partial charge in [-0.2, -0.15) is 0 Å². The number of carbonyl (C=O) groups excluding carboxylic acids is 1. The Balaban J connectivity index is 1.65. The minimum atomic E-state index is -0.0253. The maximum Gasteiger partial charge on any atom is 0.234 e. The van der Waals surface area contributed by atoms with Gasteiger partial charge in [0.1, 0.15) is 0 Å². The van der Waals surface area contributed by atoms with E-state index in [1.807, 2.05) is 61.0 Å². The van der Waals surface area contributed by atoms with E-state index in [1.165, 1.54) is 11.8 Å². The van der Waals surface area contributed by atoms with Gasteiger partial charge in [-0.3, -0.25) is 9.20 Å². The smallest absolute Gasteiger partial charge is 0.234 e. The van der Waals surface area contributed by atoms with Gasteiger partial charge in [0.2, 0.25) is 5.91 Å². The number of anilines is 1. The van der Waals surface area contributed by atoms with Crippen LogP contribution in [0.25, 0.3) is 5.52 Å². The van der Waals surface area contributed by atoms with Gasteiger partial charge < -0.3 is 5.32 Å². The van der Waals surface area contributed by atoms with E-state index in [0.717, 1.165) is 27.5 Å². The largest absolute Gasteiger partial charge is 0.325 e. The molecule has 0 radical (unpaired) electrons. The Morgan fingerprint density at radius 2 is 2.00 bits per heavy atom. The number of thioether (sulfide) groups is 1. The number of aryl methyl sites for hydroxylation is 2. The number of hydrogen-bond donors (Lipinski definition) is 1. The fourth-order valence-corrected chi connectivity index (χ4v) is 3.17. The molecule has 1 aromatic carbocycles. The maximum absolute atomic E-state index is 12.1. The summed E-state index contributed by atoms with van der Waals surface area (Å²) in [7, 11) is 0. The summed E-state index contributed by atoms with van der Waals surface area (Å²) in [6, 6.07) is 11.9. The molecule has 0 bridgehead atoms. The summed E-state index contributed by atoms with van der Waals surface area (Å²) in [6.45, 7) is 4.04. The number of pyridine rings is 1. The molecule has 4 nitrogen and oxygen atoms in total. The second kappa shape index (κ2) is 6.23. The monoisotopic (exact) mass is 311 g/mol. The molecule has 0 saturated heterocycles. The quantitative estimate of drug-likeness (QED) is 0.748. The van der Waals surface area contributed by atoms with Crippen molar-refractivity contribution in [1.29, 1.82) is 0 Å². The number of rotatable bonds is 4. The molecule has 0 aliphatic carbocycles. The lowest BCUT2D eigenvalue weighted by molar-refractivity contribution is -0.113. The summed E-state index contributed by atoms with van der Waals surface area (Å²) in [5.41, 5.74) is 4.15. The molecule has 0 saturated carbocycles. The van der Waals surface area contributed by atoms with E-state index in [2.05, 4.69) is 16.4 Å². The summed E-state index contributed by atoms with van der Waals surface area (Å²) in [4.78, 5) is 16.4. The number of imidazole rings is 1. The molecule has 0 aliphatic rings. The van der Waals surface area contributed by atoms with Crippen LogP contribution in [0, 0.1) is 13.8 Å². The lowest BCUT2D eigenvalue weighted by Gasteiger charge is -2.07. The zero-order chi connectivity index (χ0) is 15.5. The highest BCUT2D eigenvalue weighted by Crippen LogP contribution is 2.19. The second-order valence-corrected chi connectivity index (χ2v) is 6.19. The fourth-order valence-electron chi connectivity index (χ4n) is 2.40. The molecule has 0 aliphatic heterocycles. The lowest BCUT2D eigenvalue weighted by atomic mass is 10.1. The van der Waals surface area contributed by atoms with Crippen LogP contribution in [0.5, 0.6) is 0 Å². The molecular weight excluding hydrogens is 294 g/mol. The predicted molar refractivity (Wildman–Crippen MR) is 90.5 cm³/mol. The van der Waals surface area contributed by atoms with Crippen LogP contribution < -0.4 is 5.32 Å². The lowest BCUT2D eigenvalue weighted by Crippen LogP contribution is -2.14. The number of hydrogen-bond acceptors (Lipinski definition) is 3. The van der Waals surface area contributed by atoms with Gasteiger partial charge >= 0.3 is 0 Å². The highest BCUT2D eigenvalue weighted by Gasteiger charge is 2.08. The molecule has 2 aromatic heterocycles. The molecule has 22 heavy (non-hydrogen) atoms. The van der Waals surface area contributed by atoms with E-state index in [0.29, 0.717) is 5.75 Å². The van der Waals surface area contributed by atoms with E-state index in [1.54, 1.807) is 0 Å². The van der Waals surface area contributed by atoms with Crippen LogP contribution in [-0.2, 0) is 4.79 Å². The first-order valence-corrected chi connectivity index (χ1v) is 8.03. The van der Waals surface area contributed by atoms with Gasteiger partial charge in [0.05, 0.1) is 17.5 Å². The third-order valence-electron chi connectivity index (χ3n) is 3.24. The van der Waals surface area contributed by atoms with Crippen molar-refractivity contribution in [2.24, 2.45) is 0 Å². The minimum Gasteiger partial charge on any atom is -0.325 e. The average Bonchev–Trinajstić information content (AvgIpc) is 2.87. The number of nitrogens with one attached hydrogen (secondary N) is 1. The van der Waals surface area contributed by atoms with Crippen molar-refractivity contribution in [2.45, 2.75) is 19.0 Å². The zero-order valence-electron chi connectivity index (χ0n) is 12.5. The van der Waals surface area contributed by atoms with Crippen molar-refractivity contribution >= 4 is 28.9 Å². The summed E-state index contributed by atoms with van der Waals surface area (Å²) < 4.78 is 1.98. The van der Waals surface area contributed by atoms with Crippen LogP contribution in [0.15, 0.2) is 53.9 Å². The van der Waals surface area contributed by atoms with E-state index < -0.39 is 0 Å². The molecule has 3 aromatic rings. The number of fused-ring (bicyclic) bond motifs is 1. The van der Waals surface area contributed by atoms with Crippen molar-refractivity contribution in [2.75, 3.05) is 11.1 Å². The number of amides is 1. The Hall–Kier alpha value is -2.27. The number of benzene rings is 1. The molecule has 1 amide bonds. The minimum absolute atomic E-state index is 0.0253. The van der Waals surface area contributed by atoms with Crippen LogP contribution in [-0.4, -0.2) is 21.0 Å². The zero-order valence-corrected chi connectivity index (χ0v) is 13.4. The molecule has 0 atom stereocenters. The van der Waals surface area contributed by atoms with Gasteiger partial charge in [-0.25, -0.2) is 4.98 Å². The normalized spacial score (nSPS) is 10.8. The molecular formula is C17H17N3OS. The van der Waals surface area contributed by atoms with Crippen molar-refractivity contribution in [3.63, 3.8) is 0 Å². The number of carbonyl (C=O) groups is 1. The van der Waals surface area contributed by atoms with Gasteiger partial charge in [-0.1, -0.05) is 23.9 Å². The van der Waals surface area contributed by atoms with Crippen LogP contribution in [0.4, 0.5) is 5.69 Å². The molecule has 1 N–H and O–H groups in total. The molecule has 5 heteroatoms. The SMILES string of the molecule is Cc1cc(C)cc(NC(=O)CSc2ncc3ccccn23)c1. The Morgan fingerprint density at radius 3 is 2.77 bits per heavy atom. The van der Waals surface area contributed by atoms with Crippen LogP contribution in [0.1, 0.15) is 11.1 Å². The van der Waals surface area contributed by atoms with Crippen molar-refractivity contribution < 1.29 is 4.79 Å². The molecule has 112 valence electrons. The average molecular weight is 311 g/mol. The highest BCUT2D eigenvalue weighted by atomic mass is 32.2. The Labute approximate surface area is 133 Å². The van der Waals surface area contributed by atoms with Crippen molar-refractivity contribution in [3.8, 4) is 0 Å². The Kier molecular flexibility index (Phi) is 4.15. The van der Waals surface area contributed by atoms with E-state index >= 15 is 0 Å². The van der Waals surface area contributed by atoms with Crippen molar-refractivity contribution in [1.82, 2.24) is 9.38 Å². The van der Waals surface area contributed by atoms with Crippen LogP contribution >= 0.6 is 11.8 Å². The van der Waals surface area contributed by atoms with Gasteiger partial charge in [0.25, 0.3) is 0 Å². The van der Waals surface area contributed by atoms with Crippen LogP contribution in [0.2, 0.25) is 0 Å². The summed E-state index contributed by atoms with van der Waals surface area (Å²) in [5.74, 6) is 0.309. The maximum atomic E-state index is 12.1. The first-order chi connectivity index (χ1) is 10.6. The van der Waals surface area contributed by atoms with E-state index in [9.17, 15) is 4.79 Å². The molecule has 0 fully saturated rings. The molecule has 3 rings (SSSR count). The van der Waals surface area contributed by atoms with Crippen molar-refractivity contribution in [3.05, 3.63) is 59.9 Å². The summed E-state index contributed by atoms with van der Waals surface area (Å²) in [6.07, 6.45) is 3.76. The molecule has 2 heterocycles. The van der Waals surface area contributed by atoms with Gasteiger partial charge in [0.15, 0.2) is 5.16 Å². The van der Waals surface area contributed by atoms with Gasteiger partial charge in [0, 0.05) is 11.9 Å². The Bertz CT molecular complexity index is 805. The Morgan fingerprint density at radius 1 is 1.23 bits per heavy atom. The van der Waals surface area contributed by atoms with Gasteiger partial charge in [-0.05, 0) is 49.2 Å². The molecule has 0 unspecified atom stereocenters. The third-order valence-corrected chi connectivity index (χ3v) is 4.21. The van der Waals surface area contributed by atoms with E-state index in [-0.39, 0.29) is 5.91 Å². The summed E-state index contributed by atoms with van der Waals surface area (Å²) in [5, 5.41) is 3.76.